The average Bonchev–Trinajstić information content (AvgIpc) is 2.91. The lowest BCUT2D eigenvalue weighted by Gasteiger charge is -2.50. The molecule has 9 heteroatoms. The van der Waals surface area contributed by atoms with Crippen LogP contribution < -0.4 is 0 Å². The Balaban J connectivity index is 1.94. The van der Waals surface area contributed by atoms with Gasteiger partial charge in [0, 0.05) is 18.6 Å². The molecule has 1 N–H and O–H groups in total. The van der Waals surface area contributed by atoms with Crippen LogP contribution in [0.15, 0.2) is 24.3 Å². The number of non-ortho nitro benzene ring substituents is 1. The van der Waals surface area contributed by atoms with Crippen LogP contribution in [0.2, 0.25) is 0 Å². The fourth-order valence-electron chi connectivity index (χ4n) is 5.29. The van der Waals surface area contributed by atoms with Gasteiger partial charge in [-0.25, -0.2) is 0 Å². The van der Waals surface area contributed by atoms with Gasteiger partial charge in [0.15, 0.2) is 5.41 Å². The fraction of sp³-hybridized carbons (Fsp3) is 0.524. The van der Waals surface area contributed by atoms with E-state index in [4.69, 9.17) is 14.9 Å². The number of nitro groups is 1. The lowest BCUT2D eigenvalue weighted by molar-refractivity contribution is -0.384. The Morgan fingerprint density at radius 1 is 1.07 bits per heavy atom. The molecule has 4 rings (SSSR count). The highest BCUT2D eigenvalue weighted by atomic mass is 16.7. The number of benzene rings is 1. The Morgan fingerprint density at radius 2 is 1.73 bits per heavy atom. The quantitative estimate of drug-likeness (QED) is 0.577. The van der Waals surface area contributed by atoms with E-state index >= 15 is 0 Å². The molecule has 9 nitrogen and oxygen atoms in total. The van der Waals surface area contributed by atoms with Crippen molar-refractivity contribution < 1.29 is 14.4 Å². The zero-order valence-corrected chi connectivity index (χ0v) is 16.1. The van der Waals surface area contributed by atoms with E-state index in [0.717, 1.165) is 25.7 Å². The van der Waals surface area contributed by atoms with Crippen molar-refractivity contribution >= 4 is 11.6 Å². The number of ether oxygens (including phenoxy) is 2. The summed E-state index contributed by atoms with van der Waals surface area (Å²) in [5.41, 5.74) is -3.59. The summed E-state index contributed by atoms with van der Waals surface area (Å²) in [4.78, 5) is 10.5. The maximum absolute atomic E-state index is 11.0. The van der Waals surface area contributed by atoms with Gasteiger partial charge >= 0.3 is 0 Å². The first kappa shape index (κ1) is 19.8. The van der Waals surface area contributed by atoms with Crippen molar-refractivity contribution in [2.45, 2.75) is 50.4 Å². The summed E-state index contributed by atoms with van der Waals surface area (Å²) in [7, 11) is 0. The average molecular weight is 405 g/mol. The van der Waals surface area contributed by atoms with E-state index in [1.54, 1.807) is 0 Å². The van der Waals surface area contributed by atoms with Crippen LogP contribution in [0.1, 0.15) is 50.2 Å². The number of hydrogen-bond donors (Lipinski definition) is 1. The van der Waals surface area contributed by atoms with Gasteiger partial charge in [0.05, 0.1) is 29.0 Å². The van der Waals surface area contributed by atoms with Crippen LogP contribution in [0, 0.1) is 66.3 Å². The highest BCUT2D eigenvalue weighted by Crippen LogP contribution is 2.68. The second kappa shape index (κ2) is 6.79. The predicted octanol–water partition coefficient (Wildman–Crippen LogP) is 3.88. The summed E-state index contributed by atoms with van der Waals surface area (Å²) in [6.07, 6.45) is 3.23. The Morgan fingerprint density at radius 3 is 2.33 bits per heavy atom. The predicted molar refractivity (Wildman–Crippen MR) is 101 cm³/mol. The molecule has 0 amide bonds. The van der Waals surface area contributed by atoms with Gasteiger partial charge in [0.25, 0.3) is 5.69 Å². The first-order chi connectivity index (χ1) is 14.4. The van der Waals surface area contributed by atoms with Crippen LogP contribution in [0.3, 0.4) is 0 Å². The van der Waals surface area contributed by atoms with Gasteiger partial charge in [-0.2, -0.15) is 15.8 Å². The lowest BCUT2D eigenvalue weighted by atomic mass is 9.52. The van der Waals surface area contributed by atoms with Crippen molar-refractivity contribution in [1.29, 1.82) is 21.2 Å². The van der Waals surface area contributed by atoms with E-state index in [9.17, 15) is 25.9 Å². The monoisotopic (exact) mass is 405 g/mol. The molecule has 1 aromatic rings. The Kier molecular flexibility index (Phi) is 4.49. The van der Waals surface area contributed by atoms with Gasteiger partial charge in [0.2, 0.25) is 17.1 Å². The highest BCUT2D eigenvalue weighted by Gasteiger charge is 2.80. The molecule has 4 unspecified atom stereocenters. The lowest BCUT2D eigenvalue weighted by Crippen LogP contribution is -2.59. The minimum Gasteiger partial charge on any atom is -0.447 e. The largest absolute Gasteiger partial charge is 0.447 e. The number of nitrogens with zero attached hydrogens (tertiary/aromatic N) is 4. The van der Waals surface area contributed by atoms with Crippen LogP contribution in [0.4, 0.5) is 5.69 Å². The molecule has 3 aliphatic rings. The maximum Gasteiger partial charge on any atom is 0.269 e. The van der Waals surface area contributed by atoms with Crippen LogP contribution >= 0.6 is 0 Å². The van der Waals surface area contributed by atoms with E-state index in [1.165, 1.54) is 24.3 Å². The molecular weight excluding hydrogens is 386 g/mol. The van der Waals surface area contributed by atoms with Crippen LogP contribution in [0.25, 0.3) is 0 Å². The van der Waals surface area contributed by atoms with Crippen molar-refractivity contribution in [3.8, 4) is 18.2 Å². The molecule has 1 saturated carbocycles. The van der Waals surface area contributed by atoms with Gasteiger partial charge in [0.1, 0.15) is 6.10 Å². The molecule has 2 bridgehead atoms. The van der Waals surface area contributed by atoms with Gasteiger partial charge in [-0.15, -0.1) is 0 Å². The number of nitro benzene ring substituents is 1. The van der Waals surface area contributed by atoms with Gasteiger partial charge in [-0.3, -0.25) is 15.5 Å². The molecule has 1 aromatic carbocycles. The molecule has 152 valence electrons. The molecule has 0 radical (unpaired) electrons. The van der Waals surface area contributed by atoms with Crippen molar-refractivity contribution in [2.24, 2.45) is 16.7 Å². The third-order valence-corrected chi connectivity index (χ3v) is 6.72. The smallest absolute Gasteiger partial charge is 0.269 e. The molecule has 1 aliphatic carbocycles. The minimum absolute atomic E-state index is 0.141. The normalized spacial score (nSPS) is 34.1. The number of hydrogen-bond acceptors (Lipinski definition) is 8. The first-order valence-electron chi connectivity index (χ1n) is 9.85. The summed E-state index contributed by atoms with van der Waals surface area (Å²) in [5.74, 6) is -2.28. The maximum atomic E-state index is 11.0. The summed E-state index contributed by atoms with van der Waals surface area (Å²) in [5, 5.41) is 50.3. The SMILES string of the molecule is N#CC1(C#N)C(c2ccc([N+](=O)[O-])cc2)OC23CCCCCCC2C1(C#N)C(=N)O3. The third kappa shape index (κ3) is 2.32. The molecular formula is C21H19N5O4. The molecule has 0 spiro atoms. The number of nitrogens with one attached hydrogen (secondary N) is 1. The first-order valence-corrected chi connectivity index (χ1v) is 9.85. The fourth-order valence-corrected chi connectivity index (χ4v) is 5.29. The number of nitriles is 3. The van der Waals surface area contributed by atoms with E-state index in [-0.39, 0.29) is 5.69 Å². The highest BCUT2D eigenvalue weighted by molar-refractivity contribution is 5.89. The van der Waals surface area contributed by atoms with Crippen molar-refractivity contribution in [3.63, 3.8) is 0 Å². The van der Waals surface area contributed by atoms with Crippen LogP contribution in [-0.2, 0) is 9.47 Å². The summed E-state index contributed by atoms with van der Waals surface area (Å²) >= 11 is 0. The second-order valence-corrected chi connectivity index (χ2v) is 8.05. The second-order valence-electron chi connectivity index (χ2n) is 8.05. The zero-order chi connectivity index (χ0) is 21.6. The molecule has 3 fully saturated rings. The molecule has 2 aliphatic heterocycles. The molecule has 2 heterocycles. The van der Waals surface area contributed by atoms with Crippen molar-refractivity contribution in [3.05, 3.63) is 39.9 Å². The van der Waals surface area contributed by atoms with Gasteiger partial charge in [-0.1, -0.05) is 19.3 Å². The zero-order valence-electron chi connectivity index (χ0n) is 16.1. The van der Waals surface area contributed by atoms with Gasteiger partial charge in [-0.05, 0) is 30.5 Å². The third-order valence-electron chi connectivity index (χ3n) is 6.72. The van der Waals surface area contributed by atoms with Crippen molar-refractivity contribution in [1.82, 2.24) is 0 Å². The Labute approximate surface area is 173 Å². The van der Waals surface area contributed by atoms with Crippen molar-refractivity contribution in [2.75, 3.05) is 0 Å². The minimum atomic E-state index is -2.03. The van der Waals surface area contributed by atoms with Gasteiger partial charge < -0.3 is 9.47 Å². The summed E-state index contributed by atoms with van der Waals surface area (Å²) in [6.45, 7) is 0. The standard InChI is InChI=1S/C21H19N5O4/c22-11-19(12-23)17(14-6-8-15(9-7-14)26(27)28)29-21-10-4-2-1-3-5-16(21)20(19,13-24)18(25)30-21/h6-9,16-17,25H,1-5,10H2. The number of rotatable bonds is 2. The molecule has 0 aromatic heterocycles. The summed E-state index contributed by atoms with van der Waals surface area (Å²) < 4.78 is 12.3. The topological polar surface area (TPSA) is 157 Å². The van der Waals surface area contributed by atoms with E-state index in [2.05, 4.69) is 6.07 Å². The Hall–Kier alpha value is -3.48. The van der Waals surface area contributed by atoms with Crippen LogP contribution in [-0.4, -0.2) is 16.6 Å². The van der Waals surface area contributed by atoms with Crippen LogP contribution in [0.5, 0.6) is 0 Å². The molecule has 30 heavy (non-hydrogen) atoms. The van der Waals surface area contributed by atoms with E-state index in [1.807, 2.05) is 12.1 Å². The molecule has 2 saturated heterocycles. The Bertz CT molecular complexity index is 1020. The van der Waals surface area contributed by atoms with E-state index < -0.39 is 39.5 Å². The molecule has 4 atom stereocenters. The summed E-state index contributed by atoms with van der Waals surface area (Å²) in [6, 6.07) is 11.6. The van der Waals surface area contributed by atoms with E-state index in [0.29, 0.717) is 18.4 Å².